The van der Waals surface area contributed by atoms with Crippen LogP contribution in [0.15, 0.2) is 22.2 Å². The van der Waals surface area contributed by atoms with Crippen molar-refractivity contribution in [2.45, 2.75) is 19.3 Å². The molecule has 1 aliphatic heterocycles. The Morgan fingerprint density at radius 1 is 1.31 bits per heavy atom. The first kappa shape index (κ1) is 18.5. The predicted octanol–water partition coefficient (Wildman–Crippen LogP) is 2.41. The van der Waals surface area contributed by atoms with Gasteiger partial charge in [0.05, 0.1) is 30.7 Å². The number of carbonyl (C=O) groups is 3. The molecule has 7 nitrogen and oxygen atoms in total. The van der Waals surface area contributed by atoms with E-state index in [9.17, 15) is 14.4 Å². The third-order valence-electron chi connectivity index (χ3n) is 4.27. The summed E-state index contributed by atoms with van der Waals surface area (Å²) in [5.74, 6) is -0.553. The topological polar surface area (TPSA) is 88.6 Å². The standard InChI is InChI=1S/C17H19N3O4S2/c1-24-16(23)11-2-5-20(6-3-11)14(21)8-13-10-26-17(18-13)19-15(22)12-4-7-25-9-12/h4,7,9-11H,2-3,5-6,8H2,1H3,(H,18,19,22). The Balaban J connectivity index is 1.50. The second kappa shape index (κ2) is 8.41. The summed E-state index contributed by atoms with van der Waals surface area (Å²) < 4.78 is 4.76. The number of carbonyl (C=O) groups excluding carboxylic acids is 3. The quantitative estimate of drug-likeness (QED) is 0.788. The number of esters is 1. The third kappa shape index (κ3) is 4.47. The van der Waals surface area contributed by atoms with Gasteiger partial charge in [-0.05, 0) is 24.3 Å². The maximum atomic E-state index is 12.4. The van der Waals surface area contributed by atoms with Crippen LogP contribution in [-0.4, -0.2) is 47.9 Å². The molecular formula is C17H19N3O4S2. The molecule has 2 amide bonds. The molecule has 26 heavy (non-hydrogen) atoms. The van der Waals surface area contributed by atoms with Crippen LogP contribution in [-0.2, 0) is 20.7 Å². The summed E-state index contributed by atoms with van der Waals surface area (Å²) in [6.07, 6.45) is 1.43. The summed E-state index contributed by atoms with van der Waals surface area (Å²) in [5, 5.41) is 8.61. The first-order valence-electron chi connectivity index (χ1n) is 8.20. The molecule has 1 fully saturated rings. The lowest BCUT2D eigenvalue weighted by Crippen LogP contribution is -2.41. The van der Waals surface area contributed by atoms with Gasteiger partial charge in [0.25, 0.3) is 5.91 Å². The van der Waals surface area contributed by atoms with Crippen molar-refractivity contribution in [3.05, 3.63) is 33.5 Å². The molecule has 1 saturated heterocycles. The van der Waals surface area contributed by atoms with Crippen LogP contribution in [0.2, 0.25) is 0 Å². The van der Waals surface area contributed by atoms with E-state index in [2.05, 4.69) is 10.3 Å². The summed E-state index contributed by atoms with van der Waals surface area (Å²) in [5.41, 5.74) is 1.23. The summed E-state index contributed by atoms with van der Waals surface area (Å²) in [6, 6.07) is 1.75. The molecule has 3 rings (SSSR count). The second-order valence-corrected chi connectivity index (χ2v) is 7.60. The van der Waals surface area contributed by atoms with Crippen molar-refractivity contribution >= 4 is 45.6 Å². The van der Waals surface area contributed by atoms with Crippen molar-refractivity contribution in [3.63, 3.8) is 0 Å². The second-order valence-electron chi connectivity index (χ2n) is 5.97. The Kier molecular flexibility index (Phi) is 6.00. The number of aromatic nitrogens is 1. The first-order chi connectivity index (χ1) is 12.6. The Bertz CT molecular complexity index is 780. The molecule has 0 aromatic carbocycles. The van der Waals surface area contributed by atoms with Crippen LogP contribution in [0.1, 0.15) is 28.9 Å². The molecule has 3 heterocycles. The average Bonchev–Trinajstić information content (AvgIpc) is 3.33. The van der Waals surface area contributed by atoms with Crippen molar-refractivity contribution < 1.29 is 19.1 Å². The molecule has 1 aliphatic rings. The molecule has 9 heteroatoms. The van der Waals surface area contributed by atoms with E-state index in [0.29, 0.717) is 42.3 Å². The molecule has 0 unspecified atom stereocenters. The van der Waals surface area contributed by atoms with E-state index in [1.54, 1.807) is 21.7 Å². The molecule has 1 N–H and O–H groups in total. The number of thiophene rings is 1. The number of hydrogen-bond donors (Lipinski definition) is 1. The minimum absolute atomic E-state index is 0.0191. The van der Waals surface area contributed by atoms with Crippen LogP contribution in [0.25, 0.3) is 0 Å². The minimum Gasteiger partial charge on any atom is -0.469 e. The van der Waals surface area contributed by atoms with E-state index < -0.39 is 0 Å². The molecule has 0 aliphatic carbocycles. The van der Waals surface area contributed by atoms with Gasteiger partial charge in [0, 0.05) is 23.8 Å². The zero-order chi connectivity index (χ0) is 18.5. The van der Waals surface area contributed by atoms with Gasteiger partial charge in [-0.25, -0.2) is 4.98 Å². The highest BCUT2D eigenvalue weighted by Gasteiger charge is 2.28. The van der Waals surface area contributed by atoms with Gasteiger partial charge in [0.1, 0.15) is 0 Å². The largest absolute Gasteiger partial charge is 0.469 e. The van der Waals surface area contributed by atoms with Crippen molar-refractivity contribution in [3.8, 4) is 0 Å². The number of rotatable bonds is 5. The Hall–Kier alpha value is -2.26. The zero-order valence-corrected chi connectivity index (χ0v) is 15.9. The molecule has 0 spiro atoms. The van der Waals surface area contributed by atoms with Gasteiger partial charge in [-0.2, -0.15) is 11.3 Å². The van der Waals surface area contributed by atoms with Gasteiger partial charge in [-0.15, -0.1) is 11.3 Å². The highest BCUT2D eigenvalue weighted by Crippen LogP contribution is 2.21. The summed E-state index contributed by atoms with van der Waals surface area (Å²) in [7, 11) is 1.39. The van der Waals surface area contributed by atoms with Gasteiger partial charge >= 0.3 is 5.97 Å². The molecule has 0 radical (unpaired) electrons. The van der Waals surface area contributed by atoms with Crippen molar-refractivity contribution in [2.24, 2.45) is 5.92 Å². The van der Waals surface area contributed by atoms with Crippen LogP contribution < -0.4 is 5.32 Å². The van der Waals surface area contributed by atoms with E-state index >= 15 is 0 Å². The first-order valence-corrected chi connectivity index (χ1v) is 10.0. The molecule has 0 bridgehead atoms. The number of anilines is 1. The zero-order valence-electron chi connectivity index (χ0n) is 14.3. The number of ether oxygens (including phenoxy) is 1. The van der Waals surface area contributed by atoms with Crippen molar-refractivity contribution in [2.75, 3.05) is 25.5 Å². The van der Waals surface area contributed by atoms with Crippen LogP contribution in [0.5, 0.6) is 0 Å². The molecule has 2 aromatic heterocycles. The predicted molar refractivity (Wildman–Crippen MR) is 99.4 cm³/mol. The van der Waals surface area contributed by atoms with E-state index in [4.69, 9.17) is 4.74 Å². The average molecular weight is 393 g/mol. The normalized spacial score (nSPS) is 14.9. The lowest BCUT2D eigenvalue weighted by atomic mass is 9.97. The number of hydrogen-bond acceptors (Lipinski definition) is 7. The number of nitrogens with one attached hydrogen (secondary N) is 1. The smallest absolute Gasteiger partial charge is 0.308 e. The van der Waals surface area contributed by atoms with Crippen LogP contribution in [0, 0.1) is 5.92 Å². The number of amides is 2. The minimum atomic E-state index is -0.206. The van der Waals surface area contributed by atoms with Crippen LogP contribution >= 0.6 is 22.7 Å². The summed E-state index contributed by atoms with van der Waals surface area (Å²) in [6.45, 7) is 1.09. The Labute approximate surface area is 159 Å². The summed E-state index contributed by atoms with van der Waals surface area (Å²) >= 11 is 2.75. The maximum Gasteiger partial charge on any atom is 0.308 e. The monoisotopic (exact) mass is 393 g/mol. The van der Waals surface area contributed by atoms with Gasteiger partial charge in [-0.3, -0.25) is 19.7 Å². The number of thiazole rings is 1. The fourth-order valence-electron chi connectivity index (χ4n) is 2.81. The number of methoxy groups -OCH3 is 1. The molecule has 0 saturated carbocycles. The van der Waals surface area contributed by atoms with Crippen molar-refractivity contribution in [1.29, 1.82) is 0 Å². The Morgan fingerprint density at radius 2 is 2.08 bits per heavy atom. The number of piperidine rings is 1. The maximum absolute atomic E-state index is 12.4. The van der Waals surface area contributed by atoms with Crippen LogP contribution in [0.3, 0.4) is 0 Å². The van der Waals surface area contributed by atoms with E-state index in [1.165, 1.54) is 29.8 Å². The highest BCUT2D eigenvalue weighted by molar-refractivity contribution is 7.14. The van der Waals surface area contributed by atoms with Gasteiger partial charge in [-0.1, -0.05) is 0 Å². The SMILES string of the molecule is COC(=O)C1CCN(C(=O)Cc2csc(NC(=O)c3ccsc3)n2)CC1. The van der Waals surface area contributed by atoms with Gasteiger partial charge < -0.3 is 9.64 Å². The lowest BCUT2D eigenvalue weighted by molar-refractivity contribution is -0.148. The van der Waals surface area contributed by atoms with E-state index in [1.807, 2.05) is 5.38 Å². The molecular weight excluding hydrogens is 374 g/mol. The highest BCUT2D eigenvalue weighted by atomic mass is 32.1. The number of nitrogens with zero attached hydrogens (tertiary/aromatic N) is 2. The van der Waals surface area contributed by atoms with Gasteiger partial charge in [0.2, 0.25) is 5.91 Å². The van der Waals surface area contributed by atoms with Crippen molar-refractivity contribution in [1.82, 2.24) is 9.88 Å². The third-order valence-corrected chi connectivity index (χ3v) is 5.76. The van der Waals surface area contributed by atoms with Gasteiger partial charge in [0.15, 0.2) is 5.13 Å². The molecule has 2 aromatic rings. The fourth-order valence-corrected chi connectivity index (χ4v) is 4.15. The van der Waals surface area contributed by atoms with E-state index in [0.717, 1.165) is 0 Å². The van der Waals surface area contributed by atoms with Crippen LogP contribution in [0.4, 0.5) is 5.13 Å². The lowest BCUT2D eigenvalue weighted by Gasteiger charge is -2.30. The Morgan fingerprint density at radius 3 is 2.73 bits per heavy atom. The fraction of sp³-hybridized carbons (Fsp3) is 0.412. The van der Waals surface area contributed by atoms with E-state index in [-0.39, 0.29) is 30.1 Å². The molecule has 0 atom stereocenters. The number of likely N-dealkylation sites (tertiary alicyclic amines) is 1. The molecule has 138 valence electrons. The summed E-state index contributed by atoms with van der Waals surface area (Å²) in [4.78, 5) is 42.0.